The molecular weight excluding hydrogens is 514 g/mol. The van der Waals surface area contributed by atoms with E-state index in [9.17, 15) is 9.90 Å². The normalized spacial score (nSPS) is 18.1. The molecule has 0 bridgehead atoms. The van der Waals surface area contributed by atoms with Gasteiger partial charge in [-0.1, -0.05) is 48.5 Å². The minimum Gasteiger partial charge on any atom is -0.493 e. The van der Waals surface area contributed by atoms with Gasteiger partial charge < -0.3 is 19.5 Å². The SMILES string of the molecule is Cc1cccc(OCCCC(=O)N2CCCCc3c(-c4cnn(Cc5cccc(C6OC6O)c5)c4)cccc32)c1C. The summed E-state index contributed by atoms with van der Waals surface area (Å²) in [4.78, 5) is 15.4. The molecule has 0 radical (unpaired) electrons. The lowest BCUT2D eigenvalue weighted by molar-refractivity contribution is -0.118. The van der Waals surface area contributed by atoms with Crippen LogP contribution in [0.15, 0.2) is 73.1 Å². The zero-order chi connectivity index (χ0) is 28.3. The van der Waals surface area contributed by atoms with Crippen molar-refractivity contribution < 1.29 is 19.4 Å². The number of hydrogen-bond donors (Lipinski definition) is 1. The first kappa shape index (κ1) is 27.2. The van der Waals surface area contributed by atoms with Gasteiger partial charge in [0.15, 0.2) is 6.29 Å². The lowest BCUT2D eigenvalue weighted by Gasteiger charge is -2.24. The molecule has 1 N–H and O–H groups in total. The molecule has 1 aromatic heterocycles. The Labute approximate surface area is 241 Å². The highest BCUT2D eigenvalue weighted by molar-refractivity contribution is 5.95. The van der Waals surface area contributed by atoms with Gasteiger partial charge in [0.05, 0.1) is 19.3 Å². The van der Waals surface area contributed by atoms with Crippen LogP contribution in [0, 0.1) is 13.8 Å². The molecule has 0 aliphatic carbocycles. The Hall–Kier alpha value is -3.94. The van der Waals surface area contributed by atoms with Crippen molar-refractivity contribution in [2.45, 2.75) is 64.9 Å². The Balaban J connectivity index is 1.14. The van der Waals surface area contributed by atoms with Gasteiger partial charge in [-0.3, -0.25) is 9.48 Å². The quantitative estimate of drug-likeness (QED) is 0.200. The number of fused-ring (bicyclic) bond motifs is 1. The van der Waals surface area contributed by atoms with E-state index >= 15 is 0 Å². The number of amides is 1. The number of hydrogen-bond acceptors (Lipinski definition) is 5. The van der Waals surface area contributed by atoms with Gasteiger partial charge in [-0.15, -0.1) is 0 Å². The van der Waals surface area contributed by atoms with E-state index in [4.69, 9.17) is 9.47 Å². The zero-order valence-electron chi connectivity index (χ0n) is 23.8. The minimum atomic E-state index is -0.697. The van der Waals surface area contributed by atoms with Crippen molar-refractivity contribution >= 4 is 11.6 Å². The third-order valence-corrected chi connectivity index (χ3v) is 8.19. The number of aryl methyl sites for hydroxylation is 1. The maximum atomic E-state index is 13.4. The molecule has 2 aliphatic heterocycles. The van der Waals surface area contributed by atoms with Gasteiger partial charge in [-0.05, 0) is 85.0 Å². The summed E-state index contributed by atoms with van der Waals surface area (Å²) in [5.41, 5.74) is 8.86. The van der Waals surface area contributed by atoms with Crippen LogP contribution in [-0.4, -0.2) is 40.2 Å². The van der Waals surface area contributed by atoms with Gasteiger partial charge >= 0.3 is 0 Å². The predicted molar refractivity (Wildman–Crippen MR) is 159 cm³/mol. The van der Waals surface area contributed by atoms with Crippen LogP contribution in [0.2, 0.25) is 0 Å². The highest BCUT2D eigenvalue weighted by atomic mass is 16.7. The average Bonchev–Trinajstić information content (AvgIpc) is 3.61. The van der Waals surface area contributed by atoms with Crippen LogP contribution in [0.25, 0.3) is 11.1 Å². The van der Waals surface area contributed by atoms with Crippen molar-refractivity contribution in [2.75, 3.05) is 18.1 Å². The number of ether oxygens (including phenoxy) is 2. The largest absolute Gasteiger partial charge is 0.493 e. The summed E-state index contributed by atoms with van der Waals surface area (Å²) >= 11 is 0. The third kappa shape index (κ3) is 6.06. The summed E-state index contributed by atoms with van der Waals surface area (Å²) in [6.07, 6.45) is 7.15. The van der Waals surface area contributed by atoms with Gasteiger partial charge in [0, 0.05) is 30.4 Å². The van der Waals surface area contributed by atoms with E-state index in [2.05, 4.69) is 55.5 Å². The molecule has 1 amide bonds. The van der Waals surface area contributed by atoms with Crippen molar-refractivity contribution in [2.24, 2.45) is 0 Å². The molecular formula is C34H37N3O4. The number of anilines is 1. The van der Waals surface area contributed by atoms with Gasteiger partial charge in [-0.2, -0.15) is 5.10 Å². The van der Waals surface area contributed by atoms with E-state index in [-0.39, 0.29) is 12.0 Å². The second kappa shape index (κ2) is 11.9. The molecule has 3 heterocycles. The first-order valence-corrected chi connectivity index (χ1v) is 14.5. The van der Waals surface area contributed by atoms with Crippen LogP contribution in [0.3, 0.4) is 0 Å². The van der Waals surface area contributed by atoms with Gasteiger partial charge in [-0.25, -0.2) is 0 Å². The molecule has 6 rings (SSSR count). The second-order valence-corrected chi connectivity index (χ2v) is 11.1. The number of aromatic nitrogens is 2. The molecule has 1 saturated heterocycles. The van der Waals surface area contributed by atoms with E-state index in [1.54, 1.807) is 0 Å². The summed E-state index contributed by atoms with van der Waals surface area (Å²) in [6, 6.07) is 20.4. The molecule has 2 atom stereocenters. The Morgan fingerprint density at radius 2 is 1.93 bits per heavy atom. The molecule has 1 fully saturated rings. The van der Waals surface area contributed by atoms with Gasteiger partial charge in [0.25, 0.3) is 0 Å². The fraction of sp³-hybridized carbons (Fsp3) is 0.353. The van der Waals surface area contributed by atoms with Crippen molar-refractivity contribution in [3.8, 4) is 16.9 Å². The Morgan fingerprint density at radius 3 is 2.78 bits per heavy atom. The number of benzene rings is 3. The van der Waals surface area contributed by atoms with Crippen LogP contribution >= 0.6 is 0 Å². The Bertz CT molecular complexity index is 1540. The number of carbonyl (C=O) groups excluding carboxylic acids is 1. The van der Waals surface area contributed by atoms with E-state index in [0.717, 1.165) is 65.1 Å². The Kier molecular flexibility index (Phi) is 7.90. The molecule has 3 aromatic carbocycles. The maximum Gasteiger partial charge on any atom is 0.227 e. The first-order valence-electron chi connectivity index (χ1n) is 14.5. The topological polar surface area (TPSA) is 80.1 Å². The monoisotopic (exact) mass is 551 g/mol. The highest BCUT2D eigenvalue weighted by Crippen LogP contribution is 2.37. The molecule has 7 nitrogen and oxygen atoms in total. The fourth-order valence-corrected chi connectivity index (χ4v) is 5.73. The summed E-state index contributed by atoms with van der Waals surface area (Å²) in [6.45, 7) is 6.03. The average molecular weight is 552 g/mol. The van der Waals surface area contributed by atoms with Crippen LogP contribution in [0.1, 0.15) is 59.6 Å². The van der Waals surface area contributed by atoms with E-state index < -0.39 is 6.29 Å². The lowest BCUT2D eigenvalue weighted by atomic mass is 9.97. The van der Waals surface area contributed by atoms with Gasteiger partial charge in [0.1, 0.15) is 11.9 Å². The van der Waals surface area contributed by atoms with Crippen molar-refractivity contribution in [1.29, 1.82) is 0 Å². The number of aliphatic hydroxyl groups is 1. The smallest absolute Gasteiger partial charge is 0.227 e. The molecule has 41 heavy (non-hydrogen) atoms. The molecule has 2 unspecified atom stereocenters. The molecule has 2 aliphatic rings. The number of nitrogens with zero attached hydrogens (tertiary/aromatic N) is 3. The molecule has 0 spiro atoms. The maximum absolute atomic E-state index is 13.4. The highest BCUT2D eigenvalue weighted by Gasteiger charge is 2.38. The molecule has 212 valence electrons. The van der Waals surface area contributed by atoms with Crippen molar-refractivity contribution in [3.05, 3.63) is 101 Å². The van der Waals surface area contributed by atoms with E-state index in [0.29, 0.717) is 26.0 Å². The number of epoxide rings is 1. The first-order chi connectivity index (χ1) is 20.0. The molecule has 7 heteroatoms. The van der Waals surface area contributed by atoms with E-state index in [1.165, 1.54) is 11.1 Å². The fourth-order valence-electron chi connectivity index (χ4n) is 5.73. The second-order valence-electron chi connectivity index (χ2n) is 11.1. The van der Waals surface area contributed by atoms with E-state index in [1.807, 2.05) is 46.1 Å². The summed E-state index contributed by atoms with van der Waals surface area (Å²) in [5.74, 6) is 1.04. The standard InChI is InChI=1S/C34H37N3O4/c1-23-9-5-15-31(24(23)2)40-18-8-16-32(38)37-17-4-3-12-29-28(13-7-14-30(29)37)27-20-35-36(22-27)21-25-10-6-11-26(19-25)33-34(39)41-33/h5-7,9-11,13-15,19-20,22,33-34,39H,3-4,8,12,16-18,21H2,1-2H3. The predicted octanol–water partition coefficient (Wildman–Crippen LogP) is 6.13. The molecule has 4 aromatic rings. The van der Waals surface area contributed by atoms with Crippen LogP contribution in [-0.2, 0) is 22.5 Å². The summed E-state index contributed by atoms with van der Waals surface area (Å²) < 4.78 is 13.1. The van der Waals surface area contributed by atoms with Gasteiger partial charge in [0.2, 0.25) is 5.91 Å². The summed E-state index contributed by atoms with van der Waals surface area (Å²) in [5, 5.41) is 14.3. The minimum absolute atomic E-state index is 0.148. The Morgan fingerprint density at radius 1 is 1.10 bits per heavy atom. The lowest BCUT2D eigenvalue weighted by Crippen LogP contribution is -2.31. The summed E-state index contributed by atoms with van der Waals surface area (Å²) in [7, 11) is 0. The third-order valence-electron chi connectivity index (χ3n) is 8.19. The number of carbonyl (C=O) groups is 1. The number of rotatable bonds is 9. The van der Waals surface area contributed by atoms with Crippen LogP contribution in [0.4, 0.5) is 5.69 Å². The van der Waals surface area contributed by atoms with Crippen molar-refractivity contribution in [3.63, 3.8) is 0 Å². The van der Waals surface area contributed by atoms with Crippen LogP contribution < -0.4 is 9.64 Å². The zero-order valence-corrected chi connectivity index (χ0v) is 23.8. The van der Waals surface area contributed by atoms with Crippen LogP contribution in [0.5, 0.6) is 5.75 Å². The van der Waals surface area contributed by atoms with Crippen molar-refractivity contribution in [1.82, 2.24) is 9.78 Å². The number of aliphatic hydroxyl groups excluding tert-OH is 1. The molecule has 0 saturated carbocycles.